The van der Waals surface area contributed by atoms with E-state index in [-0.39, 0.29) is 5.91 Å². The molecule has 0 aliphatic heterocycles. The Morgan fingerprint density at radius 1 is 1.19 bits per heavy atom. The summed E-state index contributed by atoms with van der Waals surface area (Å²) in [6.07, 6.45) is 0. The molecule has 1 N–H and O–H groups in total. The van der Waals surface area contributed by atoms with E-state index in [1.54, 1.807) is 6.07 Å². The molecule has 0 aromatic heterocycles. The van der Waals surface area contributed by atoms with Gasteiger partial charge in [0.1, 0.15) is 0 Å². The van der Waals surface area contributed by atoms with Crippen LogP contribution in [0.1, 0.15) is 21.5 Å². The maximum Gasteiger partial charge on any atom is 0.256 e. The number of rotatable bonds is 4. The van der Waals surface area contributed by atoms with Gasteiger partial charge in [-0.25, -0.2) is 0 Å². The summed E-state index contributed by atoms with van der Waals surface area (Å²) >= 11 is 1.37. The molecule has 106 valence electrons. The van der Waals surface area contributed by atoms with Gasteiger partial charge in [-0.3, -0.25) is 4.79 Å². The van der Waals surface area contributed by atoms with Crippen LogP contribution in [0.4, 0.5) is 5.69 Å². The lowest BCUT2D eigenvalue weighted by molar-refractivity contribution is 0.102. The number of benzene rings is 2. The number of aryl methyl sites for hydroxylation is 2. The largest absolute Gasteiger partial charge is 0.322 e. The van der Waals surface area contributed by atoms with E-state index in [1.807, 2.05) is 44.2 Å². The van der Waals surface area contributed by atoms with E-state index in [1.165, 1.54) is 11.8 Å². The Hall–Kier alpha value is -2.25. The van der Waals surface area contributed by atoms with Crippen molar-refractivity contribution in [1.82, 2.24) is 0 Å². The van der Waals surface area contributed by atoms with Crippen molar-refractivity contribution in [2.75, 3.05) is 11.1 Å². The van der Waals surface area contributed by atoms with Crippen LogP contribution in [0, 0.1) is 25.2 Å². The van der Waals surface area contributed by atoms with Gasteiger partial charge < -0.3 is 5.32 Å². The molecule has 0 unspecified atom stereocenters. The highest BCUT2D eigenvalue weighted by Gasteiger charge is 2.11. The van der Waals surface area contributed by atoms with Gasteiger partial charge in [-0.2, -0.15) is 5.26 Å². The van der Waals surface area contributed by atoms with Gasteiger partial charge in [0.25, 0.3) is 5.91 Å². The quantitative estimate of drug-likeness (QED) is 0.861. The average Bonchev–Trinajstić information content (AvgIpc) is 2.44. The van der Waals surface area contributed by atoms with Crippen molar-refractivity contribution < 1.29 is 4.79 Å². The standard InChI is InChI=1S/C17H16N2OS/c1-12-9-13(2)11-14(10-12)19-17(20)15-5-3-4-6-16(15)21-8-7-18/h3-6,9-11H,8H2,1-2H3,(H,19,20). The molecule has 0 spiro atoms. The minimum atomic E-state index is -0.152. The van der Waals surface area contributed by atoms with E-state index in [2.05, 4.69) is 17.5 Å². The van der Waals surface area contributed by atoms with E-state index >= 15 is 0 Å². The molecule has 21 heavy (non-hydrogen) atoms. The lowest BCUT2D eigenvalue weighted by Crippen LogP contribution is -2.13. The van der Waals surface area contributed by atoms with Crippen LogP contribution in [0.5, 0.6) is 0 Å². The van der Waals surface area contributed by atoms with E-state index in [9.17, 15) is 4.79 Å². The zero-order valence-electron chi connectivity index (χ0n) is 12.0. The van der Waals surface area contributed by atoms with Gasteiger partial charge in [-0.1, -0.05) is 18.2 Å². The predicted molar refractivity (Wildman–Crippen MR) is 86.6 cm³/mol. The van der Waals surface area contributed by atoms with Crippen molar-refractivity contribution in [1.29, 1.82) is 5.26 Å². The second-order valence-corrected chi connectivity index (χ2v) is 5.79. The van der Waals surface area contributed by atoms with Crippen LogP contribution in [-0.4, -0.2) is 11.7 Å². The number of carbonyl (C=O) groups is 1. The van der Waals surface area contributed by atoms with E-state index in [4.69, 9.17) is 5.26 Å². The lowest BCUT2D eigenvalue weighted by atomic mass is 10.1. The predicted octanol–water partition coefficient (Wildman–Crippen LogP) is 4.17. The molecular weight excluding hydrogens is 280 g/mol. The molecule has 0 aliphatic carbocycles. The number of anilines is 1. The van der Waals surface area contributed by atoms with Crippen molar-refractivity contribution in [3.8, 4) is 6.07 Å². The highest BCUT2D eigenvalue weighted by molar-refractivity contribution is 7.99. The first-order valence-corrected chi connectivity index (χ1v) is 7.57. The van der Waals surface area contributed by atoms with Crippen molar-refractivity contribution in [2.24, 2.45) is 0 Å². The van der Waals surface area contributed by atoms with Gasteiger partial charge in [0.2, 0.25) is 0 Å². The summed E-state index contributed by atoms with van der Waals surface area (Å²) < 4.78 is 0. The first-order chi connectivity index (χ1) is 10.1. The smallest absolute Gasteiger partial charge is 0.256 e. The first-order valence-electron chi connectivity index (χ1n) is 6.58. The molecule has 0 bridgehead atoms. The maximum absolute atomic E-state index is 12.4. The maximum atomic E-state index is 12.4. The zero-order chi connectivity index (χ0) is 15.2. The zero-order valence-corrected chi connectivity index (χ0v) is 12.8. The third-order valence-corrected chi connectivity index (χ3v) is 3.84. The SMILES string of the molecule is Cc1cc(C)cc(NC(=O)c2ccccc2SCC#N)c1. The third kappa shape index (κ3) is 4.11. The van der Waals surface area contributed by atoms with Crippen LogP contribution in [0.3, 0.4) is 0 Å². The van der Waals surface area contributed by atoms with Crippen LogP contribution >= 0.6 is 11.8 Å². The Bertz CT molecular complexity index is 684. The topological polar surface area (TPSA) is 52.9 Å². The van der Waals surface area contributed by atoms with E-state index in [0.717, 1.165) is 21.7 Å². The Balaban J connectivity index is 2.22. The molecule has 0 saturated heterocycles. The second-order valence-electron chi connectivity index (χ2n) is 4.77. The second kappa shape index (κ2) is 6.96. The van der Waals surface area contributed by atoms with Gasteiger partial charge in [-0.05, 0) is 49.2 Å². The molecule has 0 atom stereocenters. The number of nitriles is 1. The van der Waals surface area contributed by atoms with E-state index in [0.29, 0.717) is 11.3 Å². The third-order valence-electron chi connectivity index (χ3n) is 2.90. The highest BCUT2D eigenvalue weighted by atomic mass is 32.2. The molecule has 0 fully saturated rings. The van der Waals surface area contributed by atoms with Gasteiger partial charge in [0.05, 0.1) is 17.4 Å². The summed E-state index contributed by atoms with van der Waals surface area (Å²) in [5, 5.41) is 11.6. The van der Waals surface area contributed by atoms with Crippen LogP contribution < -0.4 is 5.32 Å². The molecule has 2 aromatic carbocycles. The average molecular weight is 296 g/mol. The van der Waals surface area contributed by atoms with Gasteiger partial charge in [0, 0.05) is 10.6 Å². The molecule has 0 saturated carbocycles. The monoisotopic (exact) mass is 296 g/mol. The fraction of sp³-hybridized carbons (Fsp3) is 0.176. The number of nitrogens with zero attached hydrogens (tertiary/aromatic N) is 1. The molecule has 0 aliphatic rings. The molecule has 0 radical (unpaired) electrons. The van der Waals surface area contributed by atoms with Crippen molar-refractivity contribution >= 4 is 23.4 Å². The molecule has 1 amide bonds. The van der Waals surface area contributed by atoms with Crippen LogP contribution in [0.2, 0.25) is 0 Å². The number of hydrogen-bond acceptors (Lipinski definition) is 3. The van der Waals surface area contributed by atoms with Crippen molar-refractivity contribution in [2.45, 2.75) is 18.7 Å². The number of carbonyl (C=O) groups excluding carboxylic acids is 1. The molecule has 4 heteroatoms. The normalized spacial score (nSPS) is 9.95. The van der Waals surface area contributed by atoms with Crippen molar-refractivity contribution in [3.05, 3.63) is 59.2 Å². The Labute approximate surface area is 129 Å². The first kappa shape index (κ1) is 15.1. The summed E-state index contributed by atoms with van der Waals surface area (Å²) in [5.74, 6) is 0.175. The fourth-order valence-corrected chi connectivity index (χ4v) is 2.85. The summed E-state index contributed by atoms with van der Waals surface area (Å²) in [6, 6.07) is 15.4. The fourth-order valence-electron chi connectivity index (χ4n) is 2.14. The Morgan fingerprint density at radius 3 is 2.52 bits per heavy atom. The number of nitrogens with one attached hydrogen (secondary N) is 1. The van der Waals surface area contributed by atoms with E-state index < -0.39 is 0 Å². The summed E-state index contributed by atoms with van der Waals surface area (Å²) in [7, 11) is 0. The van der Waals surface area contributed by atoms with Gasteiger partial charge in [-0.15, -0.1) is 11.8 Å². The Morgan fingerprint density at radius 2 is 1.86 bits per heavy atom. The lowest BCUT2D eigenvalue weighted by Gasteiger charge is -2.10. The summed E-state index contributed by atoms with van der Waals surface area (Å²) in [4.78, 5) is 13.2. The van der Waals surface area contributed by atoms with Gasteiger partial charge in [0.15, 0.2) is 0 Å². The molecular formula is C17H16N2OS. The molecule has 0 heterocycles. The minimum Gasteiger partial charge on any atom is -0.322 e. The molecule has 3 nitrogen and oxygen atoms in total. The van der Waals surface area contributed by atoms with Crippen LogP contribution in [-0.2, 0) is 0 Å². The molecule has 2 rings (SSSR count). The Kier molecular flexibility index (Phi) is 5.02. The van der Waals surface area contributed by atoms with Crippen LogP contribution in [0.15, 0.2) is 47.4 Å². The highest BCUT2D eigenvalue weighted by Crippen LogP contribution is 2.23. The summed E-state index contributed by atoms with van der Waals surface area (Å²) in [6.45, 7) is 4.00. The van der Waals surface area contributed by atoms with Crippen molar-refractivity contribution in [3.63, 3.8) is 0 Å². The number of amides is 1. The summed E-state index contributed by atoms with van der Waals surface area (Å²) in [5.41, 5.74) is 3.60. The van der Waals surface area contributed by atoms with Crippen LogP contribution in [0.25, 0.3) is 0 Å². The molecule has 2 aromatic rings. The number of thioether (sulfide) groups is 1. The minimum absolute atomic E-state index is 0.152. The van der Waals surface area contributed by atoms with Gasteiger partial charge >= 0.3 is 0 Å². The number of hydrogen-bond donors (Lipinski definition) is 1.